The van der Waals surface area contributed by atoms with Gasteiger partial charge in [-0.3, -0.25) is 0 Å². The van der Waals surface area contributed by atoms with E-state index in [0.717, 1.165) is 0 Å². The molecule has 1 aliphatic rings. The van der Waals surface area contributed by atoms with Crippen molar-refractivity contribution in [2.75, 3.05) is 7.05 Å². The Labute approximate surface area is 159 Å². The van der Waals surface area contributed by atoms with E-state index in [1.165, 1.54) is 11.4 Å². The Morgan fingerprint density at radius 2 is 1.89 bits per heavy atom. The standard InChI is InChI=1S/C20H22N2O4S/c1-20(2)19(23)18(16-11-15(12-21)9-10-17(16)26-20)22(3)27(24,25)13-14-7-5-4-6-8-14/h4-11,18-19,23H,13H2,1-3H3/t18-,19+/m1/s1. The van der Waals surface area contributed by atoms with Crippen molar-refractivity contribution in [3.05, 3.63) is 65.2 Å². The highest BCUT2D eigenvalue weighted by molar-refractivity contribution is 7.88. The lowest BCUT2D eigenvalue weighted by molar-refractivity contribution is -0.0764. The van der Waals surface area contributed by atoms with Crippen molar-refractivity contribution in [1.29, 1.82) is 5.26 Å². The molecule has 0 spiro atoms. The van der Waals surface area contributed by atoms with E-state index < -0.39 is 27.8 Å². The van der Waals surface area contributed by atoms with E-state index in [9.17, 15) is 18.8 Å². The molecule has 0 saturated carbocycles. The number of rotatable bonds is 4. The van der Waals surface area contributed by atoms with Crippen LogP contribution in [0.5, 0.6) is 5.75 Å². The van der Waals surface area contributed by atoms with Gasteiger partial charge >= 0.3 is 0 Å². The van der Waals surface area contributed by atoms with E-state index in [0.29, 0.717) is 22.4 Å². The van der Waals surface area contributed by atoms with Gasteiger partial charge in [0.05, 0.1) is 23.4 Å². The van der Waals surface area contributed by atoms with Gasteiger partial charge in [0.15, 0.2) is 0 Å². The summed E-state index contributed by atoms with van der Waals surface area (Å²) in [6, 6.07) is 14.9. The minimum Gasteiger partial charge on any atom is -0.485 e. The Morgan fingerprint density at radius 1 is 1.22 bits per heavy atom. The first kappa shape index (κ1) is 19.4. The number of benzene rings is 2. The van der Waals surface area contributed by atoms with Gasteiger partial charge in [-0.2, -0.15) is 9.57 Å². The number of fused-ring (bicyclic) bond motifs is 1. The Hall–Kier alpha value is -2.40. The van der Waals surface area contributed by atoms with Crippen molar-refractivity contribution in [3.8, 4) is 11.8 Å². The van der Waals surface area contributed by atoms with Gasteiger partial charge in [-0.05, 0) is 37.6 Å². The normalized spacial score (nSPS) is 21.2. The minimum atomic E-state index is -3.72. The Bertz CT molecular complexity index is 981. The van der Waals surface area contributed by atoms with Crippen LogP contribution in [0.3, 0.4) is 0 Å². The summed E-state index contributed by atoms with van der Waals surface area (Å²) in [5.41, 5.74) is 0.543. The molecule has 0 radical (unpaired) electrons. The summed E-state index contributed by atoms with van der Waals surface area (Å²) in [5, 5.41) is 20.1. The van der Waals surface area contributed by atoms with E-state index in [-0.39, 0.29) is 5.75 Å². The molecule has 0 unspecified atom stereocenters. The molecule has 2 atom stereocenters. The van der Waals surface area contributed by atoms with Gasteiger partial charge < -0.3 is 9.84 Å². The van der Waals surface area contributed by atoms with Gasteiger partial charge in [-0.1, -0.05) is 30.3 Å². The van der Waals surface area contributed by atoms with Crippen molar-refractivity contribution in [2.24, 2.45) is 0 Å². The second-order valence-electron chi connectivity index (χ2n) is 7.22. The van der Waals surface area contributed by atoms with Crippen LogP contribution < -0.4 is 4.74 Å². The molecule has 2 aromatic rings. The molecule has 2 aromatic carbocycles. The number of hydrogen-bond acceptors (Lipinski definition) is 5. The number of aliphatic hydroxyl groups is 1. The molecule has 142 valence electrons. The van der Waals surface area contributed by atoms with Crippen LogP contribution in [0.2, 0.25) is 0 Å². The molecule has 0 bridgehead atoms. The Kier molecular flexibility index (Phi) is 5.00. The van der Waals surface area contributed by atoms with E-state index in [4.69, 9.17) is 4.74 Å². The molecule has 3 rings (SSSR count). The third kappa shape index (κ3) is 3.69. The highest BCUT2D eigenvalue weighted by Crippen LogP contribution is 2.43. The SMILES string of the molecule is CN([C@@H]1c2cc(C#N)ccc2OC(C)(C)[C@H]1O)S(=O)(=O)Cc1ccccc1. The van der Waals surface area contributed by atoms with Gasteiger partial charge in [-0.15, -0.1) is 0 Å². The van der Waals surface area contributed by atoms with Gasteiger partial charge in [0.2, 0.25) is 10.0 Å². The van der Waals surface area contributed by atoms with Crippen LogP contribution in [0.4, 0.5) is 0 Å². The molecule has 7 heteroatoms. The van der Waals surface area contributed by atoms with E-state index in [2.05, 4.69) is 0 Å². The van der Waals surface area contributed by atoms with Crippen molar-refractivity contribution >= 4 is 10.0 Å². The fourth-order valence-electron chi connectivity index (χ4n) is 3.29. The van der Waals surface area contributed by atoms with Crippen molar-refractivity contribution in [3.63, 3.8) is 0 Å². The van der Waals surface area contributed by atoms with Gasteiger partial charge in [0, 0.05) is 12.6 Å². The quantitative estimate of drug-likeness (QED) is 0.872. The zero-order valence-electron chi connectivity index (χ0n) is 15.5. The van der Waals surface area contributed by atoms with Gasteiger partial charge in [-0.25, -0.2) is 8.42 Å². The zero-order chi connectivity index (χ0) is 19.8. The van der Waals surface area contributed by atoms with Gasteiger partial charge in [0.1, 0.15) is 17.5 Å². The molecule has 1 heterocycles. The first-order chi connectivity index (χ1) is 12.7. The lowest BCUT2D eigenvalue weighted by atomic mass is 9.86. The monoisotopic (exact) mass is 386 g/mol. The molecule has 0 saturated heterocycles. The molecule has 1 N–H and O–H groups in total. The first-order valence-electron chi connectivity index (χ1n) is 8.56. The average molecular weight is 386 g/mol. The Balaban J connectivity index is 2.04. The summed E-state index contributed by atoms with van der Waals surface area (Å²) in [5.74, 6) is 0.290. The second kappa shape index (κ2) is 6.97. The van der Waals surface area contributed by atoms with E-state index >= 15 is 0 Å². The van der Waals surface area contributed by atoms with Crippen LogP contribution in [-0.4, -0.2) is 36.6 Å². The molecule has 27 heavy (non-hydrogen) atoms. The third-order valence-electron chi connectivity index (χ3n) is 4.86. The number of aliphatic hydroxyl groups excluding tert-OH is 1. The number of nitrogens with zero attached hydrogens (tertiary/aromatic N) is 2. The van der Waals surface area contributed by atoms with Crippen molar-refractivity contribution in [1.82, 2.24) is 4.31 Å². The fraction of sp³-hybridized carbons (Fsp3) is 0.350. The smallest absolute Gasteiger partial charge is 0.218 e. The molecule has 0 amide bonds. The first-order valence-corrected chi connectivity index (χ1v) is 10.2. The van der Waals surface area contributed by atoms with Crippen molar-refractivity contribution < 1.29 is 18.3 Å². The molecular weight excluding hydrogens is 364 g/mol. The lowest BCUT2D eigenvalue weighted by Crippen LogP contribution is -2.54. The maximum Gasteiger partial charge on any atom is 0.218 e. The zero-order valence-corrected chi connectivity index (χ0v) is 16.3. The highest BCUT2D eigenvalue weighted by Gasteiger charge is 2.47. The number of sulfonamides is 1. The summed E-state index contributed by atoms with van der Waals surface area (Å²) in [6.07, 6.45) is -1.10. The van der Waals surface area contributed by atoms with E-state index in [1.807, 2.05) is 12.1 Å². The fourth-order valence-corrected chi connectivity index (χ4v) is 4.68. The van der Waals surface area contributed by atoms with Gasteiger partial charge in [0.25, 0.3) is 0 Å². The molecule has 1 aliphatic heterocycles. The Morgan fingerprint density at radius 3 is 2.52 bits per heavy atom. The topological polar surface area (TPSA) is 90.6 Å². The van der Waals surface area contributed by atoms with Crippen molar-refractivity contribution in [2.45, 2.75) is 37.3 Å². The maximum atomic E-state index is 13.0. The number of hydrogen-bond donors (Lipinski definition) is 1. The van der Waals surface area contributed by atoms with Crippen LogP contribution in [0.1, 0.15) is 36.6 Å². The molecule has 0 aliphatic carbocycles. The highest BCUT2D eigenvalue weighted by atomic mass is 32.2. The summed E-state index contributed by atoms with van der Waals surface area (Å²) >= 11 is 0. The second-order valence-corrected chi connectivity index (χ2v) is 9.25. The summed E-state index contributed by atoms with van der Waals surface area (Å²) in [6.45, 7) is 3.42. The predicted octanol–water partition coefficient (Wildman–Crippen LogP) is 2.59. The van der Waals surface area contributed by atoms with Crippen LogP contribution in [0.15, 0.2) is 48.5 Å². The number of ether oxygens (including phenoxy) is 1. The summed E-state index contributed by atoms with van der Waals surface area (Å²) in [7, 11) is -2.27. The predicted molar refractivity (Wildman–Crippen MR) is 101 cm³/mol. The number of nitriles is 1. The van der Waals surface area contributed by atoms with E-state index in [1.54, 1.807) is 56.3 Å². The van der Waals surface area contributed by atoms with Crippen LogP contribution in [0.25, 0.3) is 0 Å². The van der Waals surface area contributed by atoms with Crippen LogP contribution in [-0.2, 0) is 15.8 Å². The number of likely N-dealkylation sites (N-methyl/N-ethyl adjacent to an activating group) is 1. The average Bonchev–Trinajstić information content (AvgIpc) is 2.62. The summed E-state index contributed by atoms with van der Waals surface area (Å²) in [4.78, 5) is 0. The summed E-state index contributed by atoms with van der Waals surface area (Å²) < 4.78 is 33.1. The van der Waals surface area contributed by atoms with Crippen LogP contribution >= 0.6 is 0 Å². The lowest BCUT2D eigenvalue weighted by Gasteiger charge is -2.44. The third-order valence-corrected chi connectivity index (χ3v) is 6.67. The minimum absolute atomic E-state index is 0.178. The largest absolute Gasteiger partial charge is 0.485 e. The molecule has 0 fully saturated rings. The van der Waals surface area contributed by atoms with Crippen LogP contribution in [0, 0.1) is 11.3 Å². The molecular formula is C20H22N2O4S. The molecule has 0 aromatic heterocycles. The maximum absolute atomic E-state index is 13.0. The molecule has 6 nitrogen and oxygen atoms in total.